The molecule has 0 aliphatic carbocycles. The van der Waals surface area contributed by atoms with E-state index in [9.17, 15) is 18.0 Å². The van der Waals surface area contributed by atoms with Gasteiger partial charge in [0.2, 0.25) is 0 Å². The van der Waals surface area contributed by atoms with Gasteiger partial charge in [-0.3, -0.25) is 0 Å². The number of alkyl halides is 3. The third-order valence-corrected chi connectivity index (χ3v) is 3.96. The first-order valence-corrected chi connectivity index (χ1v) is 6.77. The van der Waals surface area contributed by atoms with Gasteiger partial charge in [0, 0.05) is 0 Å². The highest BCUT2D eigenvalue weighted by Crippen LogP contribution is 2.60. The standard InChI is InChI=1S/C15H17F3O3/c1-4-14(12(19)20-5-2)13(3,21-14)10-8-6-7-9-11(10)15(16,17)18/h6-9H,4-5H2,1-3H3. The van der Waals surface area contributed by atoms with E-state index in [4.69, 9.17) is 9.47 Å². The number of esters is 1. The van der Waals surface area contributed by atoms with Gasteiger partial charge in [-0.15, -0.1) is 0 Å². The van der Waals surface area contributed by atoms with Crippen molar-refractivity contribution >= 4 is 5.97 Å². The molecule has 6 heteroatoms. The molecule has 0 aromatic heterocycles. The van der Waals surface area contributed by atoms with Crippen molar-refractivity contribution in [1.29, 1.82) is 0 Å². The summed E-state index contributed by atoms with van der Waals surface area (Å²) in [4.78, 5) is 12.1. The van der Waals surface area contributed by atoms with Crippen LogP contribution < -0.4 is 0 Å². The van der Waals surface area contributed by atoms with Crippen LogP contribution in [0.25, 0.3) is 0 Å². The Labute approximate surface area is 121 Å². The van der Waals surface area contributed by atoms with Crippen LogP contribution in [0.5, 0.6) is 0 Å². The second-order valence-corrected chi connectivity index (χ2v) is 5.08. The van der Waals surface area contributed by atoms with Gasteiger partial charge in [0.1, 0.15) is 5.60 Å². The molecule has 1 heterocycles. The number of rotatable bonds is 4. The number of carbonyl (C=O) groups excluding carboxylic acids is 1. The van der Waals surface area contributed by atoms with E-state index in [1.807, 2.05) is 0 Å². The minimum Gasteiger partial charge on any atom is -0.464 e. The molecule has 3 nitrogen and oxygen atoms in total. The number of hydrogen-bond donors (Lipinski definition) is 0. The van der Waals surface area contributed by atoms with Gasteiger partial charge in [-0.25, -0.2) is 4.79 Å². The fourth-order valence-corrected chi connectivity index (χ4v) is 2.78. The zero-order valence-corrected chi connectivity index (χ0v) is 12.1. The summed E-state index contributed by atoms with van der Waals surface area (Å²) >= 11 is 0. The van der Waals surface area contributed by atoms with Gasteiger partial charge in [-0.2, -0.15) is 13.2 Å². The van der Waals surface area contributed by atoms with Crippen molar-refractivity contribution in [3.05, 3.63) is 35.4 Å². The Hall–Kier alpha value is -1.56. The summed E-state index contributed by atoms with van der Waals surface area (Å²) in [5.74, 6) is -0.619. The molecule has 1 aromatic carbocycles. The lowest BCUT2D eigenvalue weighted by atomic mass is 9.83. The lowest BCUT2D eigenvalue weighted by Crippen LogP contribution is -2.33. The molecule has 0 bridgehead atoms. The molecule has 0 amide bonds. The number of halogens is 3. The van der Waals surface area contributed by atoms with E-state index in [1.54, 1.807) is 13.8 Å². The summed E-state index contributed by atoms with van der Waals surface area (Å²) in [6.45, 7) is 4.99. The molecule has 1 aliphatic heterocycles. The SMILES string of the molecule is CCOC(=O)C1(CC)OC1(C)c1ccccc1C(F)(F)F. The highest BCUT2D eigenvalue weighted by molar-refractivity contribution is 5.85. The summed E-state index contributed by atoms with van der Waals surface area (Å²) in [6.07, 6.45) is -4.26. The van der Waals surface area contributed by atoms with Gasteiger partial charge in [-0.05, 0) is 31.9 Å². The largest absolute Gasteiger partial charge is 0.464 e. The Kier molecular flexibility index (Phi) is 3.78. The number of benzene rings is 1. The third kappa shape index (κ3) is 2.31. The first kappa shape index (κ1) is 15.8. The third-order valence-electron chi connectivity index (χ3n) is 3.96. The van der Waals surface area contributed by atoms with Crippen LogP contribution in [0.2, 0.25) is 0 Å². The van der Waals surface area contributed by atoms with Crippen LogP contribution in [-0.4, -0.2) is 18.2 Å². The Bertz CT molecular complexity index is 555. The zero-order chi connectivity index (χ0) is 15.9. The molecular weight excluding hydrogens is 285 g/mol. The highest BCUT2D eigenvalue weighted by atomic mass is 19.4. The normalized spacial score (nSPS) is 28.3. The average Bonchev–Trinajstić information content (AvgIpc) is 3.06. The molecule has 116 valence electrons. The lowest BCUT2D eigenvalue weighted by molar-refractivity contribution is -0.149. The van der Waals surface area contributed by atoms with Crippen molar-refractivity contribution < 1.29 is 27.4 Å². The van der Waals surface area contributed by atoms with Crippen molar-refractivity contribution in [3.63, 3.8) is 0 Å². The second-order valence-electron chi connectivity index (χ2n) is 5.08. The topological polar surface area (TPSA) is 38.8 Å². The van der Waals surface area contributed by atoms with Gasteiger partial charge >= 0.3 is 12.1 Å². The molecule has 2 atom stereocenters. The molecule has 1 fully saturated rings. The van der Waals surface area contributed by atoms with Crippen LogP contribution >= 0.6 is 0 Å². The lowest BCUT2D eigenvalue weighted by Gasteiger charge is -2.19. The maximum Gasteiger partial charge on any atom is 0.416 e. The summed E-state index contributed by atoms with van der Waals surface area (Å²) in [5, 5.41) is 0. The fraction of sp³-hybridized carbons (Fsp3) is 0.533. The molecule has 1 aromatic rings. The summed E-state index contributed by atoms with van der Waals surface area (Å²) in [5.41, 5.74) is -3.48. The molecule has 1 saturated heterocycles. The Morgan fingerprint density at radius 2 is 1.90 bits per heavy atom. The molecular formula is C15H17F3O3. The van der Waals surface area contributed by atoms with Crippen molar-refractivity contribution in [2.24, 2.45) is 0 Å². The van der Waals surface area contributed by atoms with Gasteiger partial charge in [-0.1, -0.05) is 25.1 Å². The summed E-state index contributed by atoms with van der Waals surface area (Å²) in [6, 6.07) is 5.16. The molecule has 2 rings (SSSR count). The smallest absolute Gasteiger partial charge is 0.416 e. The first-order valence-electron chi connectivity index (χ1n) is 6.77. The Balaban J connectivity index is 2.47. The first-order chi connectivity index (χ1) is 9.73. The van der Waals surface area contributed by atoms with Crippen molar-refractivity contribution in [3.8, 4) is 0 Å². The van der Waals surface area contributed by atoms with Crippen molar-refractivity contribution in [2.75, 3.05) is 6.61 Å². The van der Waals surface area contributed by atoms with Crippen LogP contribution in [0.3, 0.4) is 0 Å². The van der Waals surface area contributed by atoms with E-state index in [0.717, 1.165) is 6.07 Å². The Morgan fingerprint density at radius 3 is 2.43 bits per heavy atom. The van der Waals surface area contributed by atoms with E-state index in [1.165, 1.54) is 25.1 Å². The maximum absolute atomic E-state index is 13.1. The van der Waals surface area contributed by atoms with E-state index >= 15 is 0 Å². The minimum atomic E-state index is -4.50. The van der Waals surface area contributed by atoms with Gasteiger partial charge in [0.25, 0.3) is 0 Å². The molecule has 0 saturated carbocycles. The quantitative estimate of drug-likeness (QED) is 0.629. The van der Waals surface area contributed by atoms with Gasteiger partial charge in [0.05, 0.1) is 12.2 Å². The number of carbonyl (C=O) groups is 1. The zero-order valence-electron chi connectivity index (χ0n) is 12.1. The molecule has 0 radical (unpaired) electrons. The van der Waals surface area contributed by atoms with Gasteiger partial charge in [0.15, 0.2) is 5.60 Å². The number of hydrogen-bond acceptors (Lipinski definition) is 3. The molecule has 2 unspecified atom stereocenters. The second kappa shape index (κ2) is 5.02. The van der Waals surface area contributed by atoms with Crippen LogP contribution in [0.1, 0.15) is 38.3 Å². The summed E-state index contributed by atoms with van der Waals surface area (Å²) in [7, 11) is 0. The van der Waals surface area contributed by atoms with E-state index in [-0.39, 0.29) is 18.6 Å². The molecule has 21 heavy (non-hydrogen) atoms. The van der Waals surface area contributed by atoms with Gasteiger partial charge < -0.3 is 9.47 Å². The van der Waals surface area contributed by atoms with E-state index in [2.05, 4.69) is 0 Å². The molecule has 1 aliphatic rings. The van der Waals surface area contributed by atoms with Crippen LogP contribution in [0.4, 0.5) is 13.2 Å². The van der Waals surface area contributed by atoms with Crippen LogP contribution in [-0.2, 0) is 26.0 Å². The fourth-order valence-electron chi connectivity index (χ4n) is 2.78. The molecule has 0 spiro atoms. The average molecular weight is 302 g/mol. The number of epoxide rings is 1. The van der Waals surface area contributed by atoms with Crippen LogP contribution in [0.15, 0.2) is 24.3 Å². The Morgan fingerprint density at radius 1 is 1.29 bits per heavy atom. The van der Waals surface area contributed by atoms with Crippen molar-refractivity contribution in [2.45, 2.75) is 44.6 Å². The highest BCUT2D eigenvalue weighted by Gasteiger charge is 2.73. The predicted octanol–water partition coefficient (Wildman–Crippen LogP) is 3.66. The van der Waals surface area contributed by atoms with Crippen LogP contribution in [0, 0.1) is 0 Å². The van der Waals surface area contributed by atoms with E-state index < -0.39 is 28.9 Å². The molecule has 0 N–H and O–H groups in total. The monoisotopic (exact) mass is 302 g/mol. The summed E-state index contributed by atoms with van der Waals surface area (Å²) < 4.78 is 49.9. The minimum absolute atomic E-state index is 0.0348. The van der Waals surface area contributed by atoms with E-state index in [0.29, 0.717) is 0 Å². The number of ether oxygens (including phenoxy) is 2. The predicted molar refractivity (Wildman–Crippen MR) is 69.5 cm³/mol. The van der Waals surface area contributed by atoms with Crippen molar-refractivity contribution in [1.82, 2.24) is 0 Å². The maximum atomic E-state index is 13.1.